The molecule has 0 atom stereocenters. The van der Waals surface area contributed by atoms with E-state index in [-0.39, 0.29) is 23.7 Å². The summed E-state index contributed by atoms with van der Waals surface area (Å²) in [6.45, 7) is 4.86. The van der Waals surface area contributed by atoms with Gasteiger partial charge in [-0.05, 0) is 42.2 Å². The molecule has 0 spiro atoms. The Kier molecular flexibility index (Phi) is 6.57. The van der Waals surface area contributed by atoms with E-state index in [1.807, 2.05) is 74.1 Å². The van der Waals surface area contributed by atoms with Crippen LogP contribution >= 0.6 is 0 Å². The second-order valence-corrected chi connectivity index (χ2v) is 8.34. The lowest BCUT2D eigenvalue weighted by molar-refractivity contribution is -0.133. The van der Waals surface area contributed by atoms with Gasteiger partial charge in [0.15, 0.2) is 0 Å². The predicted octanol–water partition coefficient (Wildman–Crippen LogP) is 4.29. The monoisotopic (exact) mass is 393 g/mol. The van der Waals surface area contributed by atoms with E-state index >= 15 is 0 Å². The van der Waals surface area contributed by atoms with Crippen LogP contribution in [0.15, 0.2) is 48.5 Å². The summed E-state index contributed by atoms with van der Waals surface area (Å²) >= 11 is 0. The van der Waals surface area contributed by atoms with E-state index in [0.29, 0.717) is 13.1 Å². The third-order valence-electron chi connectivity index (χ3n) is 5.17. The first-order valence-corrected chi connectivity index (χ1v) is 10.3. The maximum Gasteiger partial charge on any atom is 0.226 e. The normalized spacial score (nSPS) is 13.3. The molecule has 29 heavy (non-hydrogen) atoms. The molecule has 0 saturated heterocycles. The Hall–Kier alpha value is -2.82. The fourth-order valence-electron chi connectivity index (χ4n) is 3.32. The molecule has 2 aromatic rings. The highest BCUT2D eigenvalue weighted by Crippen LogP contribution is 2.33. The van der Waals surface area contributed by atoms with Gasteiger partial charge in [0, 0.05) is 50.4 Å². The van der Waals surface area contributed by atoms with E-state index < -0.39 is 0 Å². The molecule has 2 aromatic carbocycles. The van der Waals surface area contributed by atoms with Crippen LogP contribution in [0.4, 0.5) is 11.4 Å². The van der Waals surface area contributed by atoms with Gasteiger partial charge in [-0.25, -0.2) is 0 Å². The van der Waals surface area contributed by atoms with Crippen LogP contribution in [0.25, 0.3) is 0 Å². The Morgan fingerprint density at radius 1 is 1.03 bits per heavy atom. The van der Waals surface area contributed by atoms with Crippen molar-refractivity contribution in [2.45, 2.75) is 39.8 Å². The van der Waals surface area contributed by atoms with Crippen LogP contribution < -0.4 is 10.2 Å². The Bertz CT molecular complexity index is 858. The van der Waals surface area contributed by atoms with Gasteiger partial charge in [-0.15, -0.1) is 0 Å². The van der Waals surface area contributed by atoms with Crippen molar-refractivity contribution in [3.05, 3.63) is 59.7 Å². The smallest absolute Gasteiger partial charge is 0.226 e. The van der Waals surface area contributed by atoms with E-state index in [9.17, 15) is 9.59 Å². The van der Waals surface area contributed by atoms with Crippen molar-refractivity contribution in [3.63, 3.8) is 0 Å². The van der Waals surface area contributed by atoms with Crippen LogP contribution in [0.1, 0.15) is 37.8 Å². The largest absolute Gasteiger partial charge is 0.377 e. The highest BCUT2D eigenvalue weighted by Gasteiger charge is 2.33. The van der Waals surface area contributed by atoms with E-state index in [2.05, 4.69) is 17.4 Å². The maximum absolute atomic E-state index is 13.0. The molecular formula is C24H31N3O2. The van der Waals surface area contributed by atoms with Crippen LogP contribution in [0, 0.1) is 11.8 Å². The zero-order valence-corrected chi connectivity index (χ0v) is 17.8. The molecule has 1 fully saturated rings. The number of hydrogen-bond donors (Lipinski definition) is 1. The Morgan fingerprint density at radius 2 is 1.72 bits per heavy atom. The van der Waals surface area contributed by atoms with E-state index in [4.69, 9.17) is 0 Å². The van der Waals surface area contributed by atoms with Gasteiger partial charge in [-0.1, -0.05) is 44.2 Å². The van der Waals surface area contributed by atoms with Crippen molar-refractivity contribution in [1.82, 2.24) is 4.90 Å². The Morgan fingerprint density at radius 3 is 2.31 bits per heavy atom. The van der Waals surface area contributed by atoms with Gasteiger partial charge in [-0.2, -0.15) is 0 Å². The summed E-state index contributed by atoms with van der Waals surface area (Å²) in [5, 5.41) is 2.97. The van der Waals surface area contributed by atoms with Crippen molar-refractivity contribution < 1.29 is 9.59 Å². The van der Waals surface area contributed by atoms with E-state index in [0.717, 1.165) is 35.3 Å². The first-order valence-electron chi connectivity index (χ1n) is 10.3. The molecule has 0 aromatic heterocycles. The molecule has 1 N–H and O–H groups in total. The topological polar surface area (TPSA) is 52.7 Å². The second-order valence-electron chi connectivity index (χ2n) is 8.34. The van der Waals surface area contributed by atoms with Crippen molar-refractivity contribution in [2.24, 2.45) is 11.8 Å². The molecule has 0 aliphatic heterocycles. The summed E-state index contributed by atoms with van der Waals surface area (Å²) in [6.07, 6.45) is 1.96. The SMILES string of the molecule is CC(C)C(=O)Nc1ccc(N(C)C)c(CN(Cc2ccccc2)C(=O)C2CC2)c1. The lowest BCUT2D eigenvalue weighted by Crippen LogP contribution is -2.32. The quantitative estimate of drug-likeness (QED) is 0.728. The average Bonchev–Trinajstić information content (AvgIpc) is 3.53. The number of hydrogen-bond acceptors (Lipinski definition) is 3. The Balaban J connectivity index is 1.87. The van der Waals surface area contributed by atoms with Gasteiger partial charge in [0.25, 0.3) is 0 Å². The third kappa shape index (κ3) is 5.59. The number of nitrogens with zero attached hydrogens (tertiary/aromatic N) is 2. The number of carbonyl (C=O) groups is 2. The van der Waals surface area contributed by atoms with Crippen LogP contribution in [0.5, 0.6) is 0 Å². The summed E-state index contributed by atoms with van der Waals surface area (Å²) in [5.74, 6) is 0.280. The first-order chi connectivity index (χ1) is 13.8. The molecule has 0 radical (unpaired) electrons. The number of benzene rings is 2. The molecule has 3 rings (SSSR count). The standard InChI is InChI=1S/C24H31N3O2/c1-17(2)23(28)25-21-12-13-22(26(3)4)20(14-21)16-27(24(29)19-10-11-19)15-18-8-6-5-7-9-18/h5-9,12-14,17,19H,10-11,15-16H2,1-4H3,(H,25,28). The van der Waals surface area contributed by atoms with Gasteiger partial charge in [0.05, 0.1) is 0 Å². The zero-order valence-electron chi connectivity index (χ0n) is 17.8. The predicted molar refractivity (Wildman–Crippen MR) is 118 cm³/mol. The van der Waals surface area contributed by atoms with E-state index in [1.54, 1.807) is 0 Å². The second kappa shape index (κ2) is 9.12. The lowest BCUT2D eigenvalue weighted by atomic mass is 10.1. The highest BCUT2D eigenvalue weighted by molar-refractivity contribution is 5.92. The number of carbonyl (C=O) groups excluding carboxylic acids is 2. The molecule has 0 bridgehead atoms. The fraction of sp³-hybridized carbons (Fsp3) is 0.417. The minimum Gasteiger partial charge on any atom is -0.377 e. The first kappa shape index (κ1) is 20.9. The van der Waals surface area contributed by atoms with E-state index in [1.165, 1.54) is 0 Å². The van der Waals surface area contributed by atoms with Gasteiger partial charge in [-0.3, -0.25) is 9.59 Å². The summed E-state index contributed by atoms with van der Waals surface area (Å²) in [7, 11) is 3.99. The van der Waals surface area contributed by atoms with Crippen LogP contribution in [0.2, 0.25) is 0 Å². The zero-order chi connectivity index (χ0) is 21.0. The van der Waals surface area contributed by atoms with Crippen molar-refractivity contribution in [2.75, 3.05) is 24.3 Å². The summed E-state index contributed by atoms with van der Waals surface area (Å²) in [6, 6.07) is 16.0. The molecule has 1 aliphatic carbocycles. The number of anilines is 2. The van der Waals surface area contributed by atoms with Gasteiger partial charge < -0.3 is 15.1 Å². The highest BCUT2D eigenvalue weighted by atomic mass is 16.2. The summed E-state index contributed by atoms with van der Waals surface area (Å²) in [5.41, 5.74) is 3.97. The molecular weight excluding hydrogens is 362 g/mol. The van der Waals surface area contributed by atoms with Gasteiger partial charge in [0.1, 0.15) is 0 Å². The van der Waals surface area contributed by atoms with Crippen LogP contribution in [-0.4, -0.2) is 30.8 Å². The Labute approximate surface area is 173 Å². The van der Waals surface area contributed by atoms with Crippen LogP contribution in [-0.2, 0) is 22.7 Å². The lowest BCUT2D eigenvalue weighted by Gasteiger charge is -2.26. The number of nitrogens with one attached hydrogen (secondary N) is 1. The van der Waals surface area contributed by atoms with Crippen LogP contribution in [0.3, 0.4) is 0 Å². The summed E-state index contributed by atoms with van der Waals surface area (Å²) < 4.78 is 0. The molecule has 2 amide bonds. The number of rotatable bonds is 8. The molecule has 5 heteroatoms. The maximum atomic E-state index is 13.0. The molecule has 154 valence electrons. The minimum absolute atomic E-state index is 0.0104. The summed E-state index contributed by atoms with van der Waals surface area (Å²) in [4.78, 5) is 29.1. The molecule has 1 aliphatic rings. The fourth-order valence-corrected chi connectivity index (χ4v) is 3.32. The molecule has 5 nitrogen and oxygen atoms in total. The minimum atomic E-state index is -0.0852. The molecule has 0 heterocycles. The van der Waals surface area contributed by atoms with Gasteiger partial charge >= 0.3 is 0 Å². The number of amides is 2. The molecule has 1 saturated carbocycles. The molecule has 0 unspecified atom stereocenters. The van der Waals surface area contributed by atoms with Gasteiger partial charge in [0.2, 0.25) is 11.8 Å². The van der Waals surface area contributed by atoms with Crippen molar-refractivity contribution in [1.29, 1.82) is 0 Å². The average molecular weight is 394 g/mol. The van der Waals surface area contributed by atoms with Crippen molar-refractivity contribution >= 4 is 23.2 Å². The van der Waals surface area contributed by atoms with Crippen molar-refractivity contribution in [3.8, 4) is 0 Å². The third-order valence-corrected chi connectivity index (χ3v) is 5.17.